The van der Waals surface area contributed by atoms with Crippen molar-refractivity contribution in [2.24, 2.45) is 16.8 Å². The summed E-state index contributed by atoms with van der Waals surface area (Å²) in [5.74, 6) is 1.67. The highest BCUT2D eigenvalue weighted by molar-refractivity contribution is 14.0. The van der Waals surface area contributed by atoms with Crippen LogP contribution in [0.5, 0.6) is 0 Å². The van der Waals surface area contributed by atoms with Gasteiger partial charge >= 0.3 is 15.5 Å². The molecule has 1 heterocycles. The third-order valence-corrected chi connectivity index (χ3v) is 7.50. The highest BCUT2D eigenvalue weighted by Crippen LogP contribution is 2.30. The van der Waals surface area contributed by atoms with Crippen LogP contribution in [0.25, 0.3) is 0 Å². The first-order valence-electron chi connectivity index (χ1n) is 10.2. The Morgan fingerprint density at radius 1 is 1.07 bits per heavy atom. The van der Waals surface area contributed by atoms with Gasteiger partial charge in [0.05, 0.1) is 0 Å². The molecule has 0 bridgehead atoms. The van der Waals surface area contributed by atoms with Crippen LogP contribution in [-0.2, 0) is 10.0 Å². The summed E-state index contributed by atoms with van der Waals surface area (Å²) < 4.78 is 61.4. The van der Waals surface area contributed by atoms with Gasteiger partial charge in [-0.05, 0) is 50.4 Å². The van der Waals surface area contributed by atoms with Crippen molar-refractivity contribution in [3.63, 3.8) is 0 Å². The summed E-state index contributed by atoms with van der Waals surface area (Å²) in [5.41, 5.74) is -5.22. The summed E-state index contributed by atoms with van der Waals surface area (Å²) in [7, 11) is -3.51. The third-order valence-electron chi connectivity index (χ3n) is 5.87. The lowest BCUT2D eigenvalue weighted by Gasteiger charge is -2.33. The second-order valence-corrected chi connectivity index (χ2v) is 9.83. The number of alkyl halides is 3. The molecule has 29 heavy (non-hydrogen) atoms. The zero-order valence-electron chi connectivity index (χ0n) is 17.2. The number of sulfonamides is 1. The van der Waals surface area contributed by atoms with E-state index in [2.05, 4.69) is 22.5 Å². The average Bonchev–Trinajstić information content (AvgIpc) is 2.66. The van der Waals surface area contributed by atoms with Gasteiger partial charge in [0.2, 0.25) is 0 Å². The molecule has 2 rings (SSSR count). The predicted octanol–water partition coefficient (Wildman–Crippen LogP) is 3.69. The number of piperidine rings is 1. The Morgan fingerprint density at radius 3 is 2.14 bits per heavy atom. The highest BCUT2D eigenvalue weighted by Gasteiger charge is 2.50. The first-order valence-corrected chi connectivity index (χ1v) is 11.6. The van der Waals surface area contributed by atoms with Crippen LogP contribution in [0.1, 0.15) is 58.3 Å². The Kier molecular flexibility index (Phi) is 11.0. The van der Waals surface area contributed by atoms with Gasteiger partial charge in [0.1, 0.15) is 0 Å². The Hall–Kier alpha value is -0.300. The van der Waals surface area contributed by atoms with Gasteiger partial charge in [-0.3, -0.25) is 4.99 Å². The van der Waals surface area contributed by atoms with E-state index in [0.717, 1.165) is 18.8 Å². The minimum Gasteiger partial charge on any atom is -0.356 e. The van der Waals surface area contributed by atoms with Gasteiger partial charge in [0, 0.05) is 32.7 Å². The van der Waals surface area contributed by atoms with Gasteiger partial charge in [-0.15, -0.1) is 24.0 Å². The summed E-state index contributed by atoms with van der Waals surface area (Å²) in [6.07, 6.45) is 8.04. The maximum Gasteiger partial charge on any atom is 0.511 e. The number of hydrogen-bond donors (Lipinski definition) is 2. The number of rotatable bonds is 6. The summed E-state index contributed by atoms with van der Waals surface area (Å²) in [6, 6.07) is 0.401. The third kappa shape index (κ3) is 7.71. The zero-order chi connectivity index (χ0) is 20.8. The number of hydrogen-bond acceptors (Lipinski definition) is 3. The number of aliphatic imine (C=N–C) groups is 1. The van der Waals surface area contributed by atoms with Crippen LogP contribution in [0, 0.1) is 11.8 Å². The largest absolute Gasteiger partial charge is 0.511 e. The van der Waals surface area contributed by atoms with E-state index in [4.69, 9.17) is 0 Å². The van der Waals surface area contributed by atoms with Gasteiger partial charge in [0.25, 0.3) is 0 Å². The molecule has 1 aliphatic heterocycles. The fraction of sp³-hybridized carbons (Fsp3) is 0.944. The Labute approximate surface area is 189 Å². The fourth-order valence-corrected chi connectivity index (χ4v) is 5.12. The van der Waals surface area contributed by atoms with Gasteiger partial charge in [0.15, 0.2) is 5.96 Å². The van der Waals surface area contributed by atoms with Crippen molar-refractivity contribution >= 4 is 40.0 Å². The van der Waals surface area contributed by atoms with Crippen LogP contribution in [-0.4, -0.2) is 56.9 Å². The summed E-state index contributed by atoms with van der Waals surface area (Å²) in [4.78, 5) is 4.25. The first kappa shape index (κ1) is 26.7. The van der Waals surface area contributed by atoms with Crippen LogP contribution < -0.4 is 10.6 Å². The Balaban J connectivity index is 0.00000420. The molecule has 172 valence electrons. The first-order chi connectivity index (χ1) is 13.2. The SMILES string of the molecule is CCCC1CCC(NC(=NC)NCC2CCN(S(=O)(=O)C(F)(F)F)CC2)CC1.I. The topological polar surface area (TPSA) is 73.8 Å². The molecule has 0 spiro atoms. The van der Waals surface area contributed by atoms with E-state index in [0.29, 0.717) is 35.7 Å². The maximum absolute atomic E-state index is 12.6. The van der Waals surface area contributed by atoms with Gasteiger partial charge in [-0.25, -0.2) is 8.42 Å². The minimum absolute atomic E-state index is 0. The van der Waals surface area contributed by atoms with Gasteiger partial charge in [-0.2, -0.15) is 17.5 Å². The van der Waals surface area contributed by atoms with Gasteiger partial charge < -0.3 is 10.6 Å². The van der Waals surface area contributed by atoms with Crippen LogP contribution in [0.15, 0.2) is 4.99 Å². The van der Waals surface area contributed by atoms with Crippen LogP contribution in [0.2, 0.25) is 0 Å². The molecule has 6 nitrogen and oxygen atoms in total. The van der Waals surface area contributed by atoms with E-state index < -0.39 is 15.5 Å². The van der Waals surface area contributed by atoms with E-state index in [-0.39, 0.29) is 43.0 Å². The van der Waals surface area contributed by atoms with E-state index in [1.807, 2.05) is 0 Å². The van der Waals surface area contributed by atoms with E-state index in [9.17, 15) is 21.6 Å². The lowest BCUT2D eigenvalue weighted by Crippen LogP contribution is -2.48. The monoisotopic (exact) mass is 554 g/mol. The molecular formula is C18H34F3IN4O2S. The lowest BCUT2D eigenvalue weighted by molar-refractivity contribution is -0.0496. The molecule has 0 aromatic carbocycles. The van der Waals surface area contributed by atoms with Crippen molar-refractivity contribution in [1.82, 2.24) is 14.9 Å². The maximum atomic E-state index is 12.6. The van der Waals surface area contributed by atoms with Crippen molar-refractivity contribution in [3.05, 3.63) is 0 Å². The molecule has 0 radical (unpaired) electrons. The van der Waals surface area contributed by atoms with Crippen molar-refractivity contribution in [3.8, 4) is 0 Å². The highest BCUT2D eigenvalue weighted by atomic mass is 127. The number of nitrogens with one attached hydrogen (secondary N) is 2. The summed E-state index contributed by atoms with van der Waals surface area (Å²) >= 11 is 0. The lowest BCUT2D eigenvalue weighted by atomic mass is 9.83. The standard InChI is InChI=1S/C18H33F3N4O2S.HI/c1-3-4-14-5-7-16(8-6-14)24-17(22-2)23-13-15-9-11-25(12-10-15)28(26,27)18(19,20)21;/h14-16H,3-13H2,1-2H3,(H2,22,23,24);1H. The number of nitrogens with zero attached hydrogens (tertiary/aromatic N) is 2. The minimum atomic E-state index is -5.22. The summed E-state index contributed by atoms with van der Waals surface area (Å²) in [5, 5.41) is 6.70. The molecule has 2 N–H and O–H groups in total. The van der Waals surface area contributed by atoms with Crippen molar-refractivity contribution in [1.29, 1.82) is 0 Å². The summed E-state index contributed by atoms with van der Waals surface area (Å²) in [6.45, 7) is 2.60. The molecule has 0 atom stereocenters. The average molecular weight is 554 g/mol. The number of halogens is 4. The molecule has 1 saturated carbocycles. The van der Waals surface area contributed by atoms with Crippen molar-refractivity contribution in [2.45, 2.75) is 69.8 Å². The smallest absolute Gasteiger partial charge is 0.356 e. The van der Waals surface area contributed by atoms with Crippen LogP contribution in [0.4, 0.5) is 13.2 Å². The molecule has 0 aromatic heterocycles. The molecular weight excluding hydrogens is 520 g/mol. The predicted molar refractivity (Wildman–Crippen MR) is 120 cm³/mol. The Morgan fingerprint density at radius 2 is 1.66 bits per heavy atom. The second-order valence-electron chi connectivity index (χ2n) is 7.90. The second kappa shape index (κ2) is 11.9. The molecule has 1 saturated heterocycles. The normalized spacial score (nSPS) is 25.3. The van der Waals surface area contributed by atoms with E-state index in [1.165, 1.54) is 25.7 Å². The quantitative estimate of drug-likeness (QED) is 0.299. The molecule has 0 aromatic rings. The van der Waals surface area contributed by atoms with Crippen molar-refractivity contribution in [2.75, 3.05) is 26.7 Å². The molecule has 11 heteroatoms. The van der Waals surface area contributed by atoms with Crippen LogP contribution in [0.3, 0.4) is 0 Å². The number of guanidine groups is 1. The van der Waals surface area contributed by atoms with E-state index >= 15 is 0 Å². The van der Waals surface area contributed by atoms with E-state index in [1.54, 1.807) is 7.05 Å². The van der Waals surface area contributed by atoms with Crippen LogP contribution >= 0.6 is 24.0 Å². The molecule has 2 aliphatic rings. The molecule has 0 amide bonds. The Bertz CT molecular complexity index is 615. The fourth-order valence-electron chi connectivity index (χ4n) is 4.13. The van der Waals surface area contributed by atoms with Gasteiger partial charge in [-0.1, -0.05) is 19.8 Å². The van der Waals surface area contributed by atoms with Crippen molar-refractivity contribution < 1.29 is 21.6 Å². The molecule has 0 unspecified atom stereocenters. The molecule has 1 aliphatic carbocycles. The molecule has 2 fully saturated rings. The zero-order valence-corrected chi connectivity index (χ0v) is 20.3.